The Labute approximate surface area is 206 Å². The highest BCUT2D eigenvalue weighted by molar-refractivity contribution is 5.92. The lowest BCUT2D eigenvalue weighted by Gasteiger charge is -2.45. The molecule has 5 rings (SSSR count). The topological polar surface area (TPSA) is 88.9 Å². The first-order valence-corrected chi connectivity index (χ1v) is 12.7. The van der Waals surface area contributed by atoms with Gasteiger partial charge < -0.3 is 20.4 Å². The zero-order valence-electron chi connectivity index (χ0n) is 20.3. The molecule has 1 amide bonds. The highest BCUT2D eigenvalue weighted by atomic mass is 19.1. The van der Waals surface area contributed by atoms with E-state index in [1.807, 2.05) is 12.1 Å². The Hall–Kier alpha value is -2.55. The van der Waals surface area contributed by atoms with Crippen molar-refractivity contribution in [2.75, 3.05) is 31.6 Å². The van der Waals surface area contributed by atoms with Gasteiger partial charge in [0.2, 0.25) is 0 Å². The predicted octanol–water partition coefficient (Wildman–Crippen LogP) is 3.16. The number of piperidine rings is 1. The fourth-order valence-corrected chi connectivity index (χ4v) is 6.28. The fourth-order valence-electron chi connectivity index (χ4n) is 6.28. The number of halogens is 1. The van der Waals surface area contributed by atoms with Gasteiger partial charge in [0.15, 0.2) is 0 Å². The molecule has 8 heteroatoms. The molecule has 1 unspecified atom stereocenters. The predicted molar refractivity (Wildman–Crippen MR) is 132 cm³/mol. The first-order valence-electron chi connectivity index (χ1n) is 12.7. The molecule has 2 atom stereocenters. The molecule has 0 radical (unpaired) electrons. The van der Waals surface area contributed by atoms with Gasteiger partial charge in [-0.25, -0.2) is 4.39 Å². The van der Waals surface area contributed by atoms with E-state index in [0.29, 0.717) is 29.5 Å². The van der Waals surface area contributed by atoms with Crippen LogP contribution < -0.4 is 10.2 Å². The normalized spacial score (nSPS) is 29.5. The molecule has 1 aromatic heterocycles. The van der Waals surface area contributed by atoms with Crippen molar-refractivity contribution in [3.63, 3.8) is 0 Å². The van der Waals surface area contributed by atoms with Crippen molar-refractivity contribution in [3.05, 3.63) is 48.0 Å². The van der Waals surface area contributed by atoms with Crippen molar-refractivity contribution in [2.24, 2.45) is 5.41 Å². The van der Waals surface area contributed by atoms with Crippen LogP contribution in [-0.2, 0) is 0 Å². The second-order valence-electron chi connectivity index (χ2n) is 10.4. The van der Waals surface area contributed by atoms with Crippen molar-refractivity contribution in [1.29, 1.82) is 0 Å². The van der Waals surface area contributed by atoms with Crippen LogP contribution in [-0.4, -0.2) is 71.1 Å². The summed E-state index contributed by atoms with van der Waals surface area (Å²) in [6, 6.07) is 8.96. The van der Waals surface area contributed by atoms with Crippen LogP contribution in [0, 0.1) is 11.2 Å². The van der Waals surface area contributed by atoms with E-state index in [1.54, 1.807) is 25.4 Å². The Morgan fingerprint density at radius 3 is 2.54 bits per heavy atom. The van der Waals surface area contributed by atoms with Crippen LogP contribution in [0.2, 0.25) is 0 Å². The van der Waals surface area contributed by atoms with Gasteiger partial charge in [-0.15, -0.1) is 0 Å². The largest absolute Gasteiger partial charge is 0.393 e. The van der Waals surface area contributed by atoms with E-state index in [-0.39, 0.29) is 23.2 Å². The first-order chi connectivity index (χ1) is 16.9. The van der Waals surface area contributed by atoms with Gasteiger partial charge in [0.25, 0.3) is 5.91 Å². The number of rotatable bonds is 4. The molecule has 1 aromatic carbocycles. The quantitative estimate of drug-likeness (QED) is 0.621. The highest BCUT2D eigenvalue weighted by Crippen LogP contribution is 2.46. The number of aliphatic hydroxyl groups is 2. The van der Waals surface area contributed by atoms with Gasteiger partial charge in [-0.3, -0.25) is 14.7 Å². The van der Waals surface area contributed by atoms with Gasteiger partial charge in [0.05, 0.1) is 11.8 Å². The molecule has 7 nitrogen and oxygen atoms in total. The number of hydrogen-bond acceptors (Lipinski definition) is 6. The second-order valence-corrected chi connectivity index (χ2v) is 10.4. The third-order valence-corrected chi connectivity index (χ3v) is 8.32. The van der Waals surface area contributed by atoms with Crippen LogP contribution in [0.1, 0.15) is 55.4 Å². The van der Waals surface area contributed by atoms with Crippen LogP contribution in [0.3, 0.4) is 0 Å². The maximum atomic E-state index is 15.3. The third kappa shape index (κ3) is 4.67. The van der Waals surface area contributed by atoms with Crippen LogP contribution in [0.4, 0.5) is 10.1 Å². The minimum atomic E-state index is -0.530. The molecule has 1 aliphatic carbocycles. The smallest absolute Gasteiger partial charge is 0.269 e. The van der Waals surface area contributed by atoms with Crippen molar-refractivity contribution in [3.8, 4) is 11.1 Å². The Kier molecular flexibility index (Phi) is 6.79. The van der Waals surface area contributed by atoms with E-state index in [9.17, 15) is 15.0 Å². The summed E-state index contributed by atoms with van der Waals surface area (Å²) in [6.45, 7) is 2.26. The summed E-state index contributed by atoms with van der Waals surface area (Å²) in [7, 11) is 1.56. The molecule has 3 heterocycles. The van der Waals surface area contributed by atoms with Crippen LogP contribution >= 0.6 is 0 Å². The molecule has 0 bridgehead atoms. The summed E-state index contributed by atoms with van der Waals surface area (Å²) in [5.41, 5.74) is 2.09. The number of anilines is 1. The summed E-state index contributed by atoms with van der Waals surface area (Å²) in [6.07, 6.45) is 7.07. The lowest BCUT2D eigenvalue weighted by Crippen LogP contribution is -2.52. The monoisotopic (exact) mass is 482 g/mol. The standard InChI is InChI=1S/C27H35FN4O3/c1-29-25(34)23-9-3-19(16-30-23)18-4-10-24(22(28)15-18)31-13-2-11-27(17-31)12-14-32(26(27)35)20-5-7-21(33)8-6-20/h3-4,9-10,15-16,20-21,26,33,35H,2,5-8,11-14,17H2,1H3,(H,29,34)/t20?,21?,26?,27-/m0/s1. The number of aromatic nitrogens is 1. The number of likely N-dealkylation sites (tertiary alicyclic amines) is 1. The summed E-state index contributed by atoms with van der Waals surface area (Å²) < 4.78 is 15.3. The number of aliphatic hydroxyl groups excluding tert-OH is 2. The molecular formula is C27H35FN4O3. The van der Waals surface area contributed by atoms with Crippen LogP contribution in [0.5, 0.6) is 0 Å². The van der Waals surface area contributed by atoms with E-state index in [0.717, 1.165) is 63.6 Å². The number of nitrogens with zero attached hydrogens (tertiary/aromatic N) is 3. The minimum absolute atomic E-state index is 0.208. The van der Waals surface area contributed by atoms with E-state index in [2.05, 4.69) is 20.1 Å². The second kappa shape index (κ2) is 9.84. The third-order valence-electron chi connectivity index (χ3n) is 8.32. The molecule has 35 heavy (non-hydrogen) atoms. The average molecular weight is 483 g/mol. The molecule has 2 saturated heterocycles. The SMILES string of the molecule is CNC(=O)c1ccc(-c2ccc(N3CCC[C@]4(CCN(C5CCC(O)CC5)C4O)C3)c(F)c2)cn1. The lowest BCUT2D eigenvalue weighted by atomic mass is 9.77. The highest BCUT2D eigenvalue weighted by Gasteiger charge is 2.50. The number of carbonyl (C=O) groups is 1. The summed E-state index contributed by atoms with van der Waals surface area (Å²) >= 11 is 0. The molecule has 1 saturated carbocycles. The number of carbonyl (C=O) groups excluding carboxylic acids is 1. The Morgan fingerprint density at radius 2 is 1.86 bits per heavy atom. The fraction of sp³-hybridized carbons (Fsp3) is 0.556. The van der Waals surface area contributed by atoms with Gasteiger partial charge in [-0.2, -0.15) is 0 Å². The number of amides is 1. The van der Waals surface area contributed by atoms with Crippen molar-refractivity contribution in [2.45, 2.75) is 63.3 Å². The minimum Gasteiger partial charge on any atom is -0.393 e. The zero-order chi connectivity index (χ0) is 24.6. The van der Waals surface area contributed by atoms with Gasteiger partial charge in [-0.05, 0) is 68.7 Å². The van der Waals surface area contributed by atoms with E-state index in [4.69, 9.17) is 0 Å². The number of benzene rings is 1. The number of pyridine rings is 1. The van der Waals surface area contributed by atoms with Crippen molar-refractivity contribution in [1.82, 2.24) is 15.2 Å². The summed E-state index contributed by atoms with van der Waals surface area (Å²) in [5, 5.41) is 23.8. The van der Waals surface area contributed by atoms with Crippen LogP contribution in [0.15, 0.2) is 36.5 Å². The molecule has 3 N–H and O–H groups in total. The molecule has 3 aliphatic rings. The van der Waals surface area contributed by atoms with Crippen molar-refractivity contribution < 1.29 is 19.4 Å². The molecule has 2 aliphatic heterocycles. The molecule has 188 valence electrons. The van der Waals surface area contributed by atoms with Crippen molar-refractivity contribution >= 4 is 11.6 Å². The van der Waals surface area contributed by atoms with Gasteiger partial charge in [0.1, 0.15) is 17.7 Å². The number of nitrogens with one attached hydrogen (secondary N) is 1. The zero-order valence-corrected chi connectivity index (χ0v) is 20.3. The number of hydrogen-bond donors (Lipinski definition) is 3. The molecule has 3 fully saturated rings. The molecule has 1 spiro atoms. The lowest BCUT2D eigenvalue weighted by molar-refractivity contribution is -0.0749. The van der Waals surface area contributed by atoms with E-state index >= 15 is 4.39 Å². The summed E-state index contributed by atoms with van der Waals surface area (Å²) in [5.74, 6) is -0.550. The van der Waals surface area contributed by atoms with Gasteiger partial charge >= 0.3 is 0 Å². The average Bonchev–Trinajstić information content (AvgIpc) is 3.19. The molecular weight excluding hydrogens is 447 g/mol. The molecule has 2 aromatic rings. The summed E-state index contributed by atoms with van der Waals surface area (Å²) in [4.78, 5) is 20.2. The maximum absolute atomic E-state index is 15.3. The first kappa shape index (κ1) is 24.2. The maximum Gasteiger partial charge on any atom is 0.269 e. The van der Waals surface area contributed by atoms with Gasteiger partial charge in [0, 0.05) is 49.9 Å². The van der Waals surface area contributed by atoms with E-state index < -0.39 is 6.23 Å². The van der Waals surface area contributed by atoms with E-state index in [1.165, 1.54) is 6.07 Å². The Balaban J connectivity index is 1.30. The Bertz CT molecular complexity index is 1060. The Morgan fingerprint density at radius 1 is 1.09 bits per heavy atom. The van der Waals surface area contributed by atoms with Gasteiger partial charge in [-0.1, -0.05) is 12.1 Å². The van der Waals surface area contributed by atoms with Crippen LogP contribution in [0.25, 0.3) is 11.1 Å².